The van der Waals surface area contributed by atoms with Gasteiger partial charge in [-0.15, -0.1) is 0 Å². The zero-order valence-electron chi connectivity index (χ0n) is 37.1. The fourth-order valence-electron chi connectivity index (χ4n) is 8.30. The Morgan fingerprint density at radius 3 is 1.02 bits per heavy atom. The van der Waals surface area contributed by atoms with Gasteiger partial charge in [-0.2, -0.15) is 0 Å². The Labute approximate surface area is 374 Å². The van der Waals surface area contributed by atoms with Crippen molar-refractivity contribution in [2.45, 2.75) is 102 Å². The number of methoxy groups -OCH3 is 4. The van der Waals surface area contributed by atoms with Crippen molar-refractivity contribution >= 4 is 18.0 Å². The van der Waals surface area contributed by atoms with Gasteiger partial charge in [-0.1, -0.05) is 121 Å². The highest BCUT2D eigenvalue weighted by molar-refractivity contribution is 5.87. The molecule has 15 nitrogen and oxygen atoms in total. The molecule has 4 aromatic rings. The highest BCUT2D eigenvalue weighted by atomic mass is 16.7. The lowest BCUT2D eigenvalue weighted by Crippen LogP contribution is -2.67. The number of carbonyl (C=O) groups excluding carboxylic acids is 3. The number of carbonyl (C=O) groups is 3. The summed E-state index contributed by atoms with van der Waals surface area (Å²) in [6, 6.07) is 34.4. The van der Waals surface area contributed by atoms with Crippen molar-refractivity contribution in [3.05, 3.63) is 144 Å². The van der Waals surface area contributed by atoms with E-state index in [2.05, 4.69) is 10.6 Å². The van der Waals surface area contributed by atoms with Crippen LogP contribution in [0.5, 0.6) is 0 Å². The Balaban J connectivity index is 1.32. The quantitative estimate of drug-likeness (QED) is 0.104. The molecule has 0 aliphatic carbocycles. The van der Waals surface area contributed by atoms with E-state index in [4.69, 9.17) is 47.4 Å². The molecule has 0 radical (unpaired) electrons. The number of hydrogen-bond donors (Lipinski definition) is 2. The van der Waals surface area contributed by atoms with Crippen molar-refractivity contribution in [1.29, 1.82) is 0 Å². The largest absolute Gasteiger partial charge is 0.467 e. The van der Waals surface area contributed by atoms with Crippen LogP contribution in [0.2, 0.25) is 0 Å². The molecular formula is C49H60N2O13. The number of esters is 2. The fraction of sp³-hybridized carbons (Fsp3) is 0.449. The molecule has 6 rings (SSSR count). The lowest BCUT2D eigenvalue weighted by atomic mass is 9.84. The van der Waals surface area contributed by atoms with Gasteiger partial charge in [-0.25, -0.2) is 14.4 Å². The maximum absolute atomic E-state index is 14.5. The highest BCUT2D eigenvalue weighted by Gasteiger charge is 2.54. The maximum Gasteiger partial charge on any atom is 0.329 e. The van der Waals surface area contributed by atoms with Gasteiger partial charge < -0.3 is 58.0 Å². The van der Waals surface area contributed by atoms with Gasteiger partial charge in [0.25, 0.3) is 0 Å². The maximum atomic E-state index is 14.5. The molecule has 2 aliphatic heterocycles. The smallest absolute Gasteiger partial charge is 0.329 e. The predicted octanol–water partition coefficient (Wildman–Crippen LogP) is 5.73. The van der Waals surface area contributed by atoms with E-state index in [1.807, 2.05) is 135 Å². The van der Waals surface area contributed by atoms with Crippen molar-refractivity contribution in [2.75, 3.05) is 28.4 Å². The monoisotopic (exact) mass is 884 g/mol. The first kappa shape index (κ1) is 48.2. The van der Waals surface area contributed by atoms with E-state index < -0.39 is 91.1 Å². The van der Waals surface area contributed by atoms with Crippen LogP contribution in [-0.4, -0.2) is 108 Å². The van der Waals surface area contributed by atoms with Crippen LogP contribution in [0.4, 0.5) is 4.79 Å². The van der Waals surface area contributed by atoms with Gasteiger partial charge in [0.05, 0.1) is 76.9 Å². The van der Waals surface area contributed by atoms with Gasteiger partial charge in [-0.05, 0) is 36.1 Å². The predicted molar refractivity (Wildman–Crippen MR) is 233 cm³/mol. The first-order valence-corrected chi connectivity index (χ1v) is 21.4. The molecule has 2 fully saturated rings. The Hall–Kier alpha value is -5.23. The van der Waals surface area contributed by atoms with Gasteiger partial charge in [0.2, 0.25) is 0 Å². The van der Waals surface area contributed by atoms with Crippen molar-refractivity contribution < 1.29 is 61.8 Å². The lowest BCUT2D eigenvalue weighted by molar-refractivity contribution is -0.293. The summed E-state index contributed by atoms with van der Waals surface area (Å²) in [4.78, 5) is 42.5. The summed E-state index contributed by atoms with van der Waals surface area (Å²) < 4.78 is 61.4. The van der Waals surface area contributed by atoms with Crippen molar-refractivity contribution in [3.8, 4) is 0 Å². The summed E-state index contributed by atoms with van der Waals surface area (Å²) in [5.41, 5.74) is 3.55. The summed E-state index contributed by atoms with van der Waals surface area (Å²) in [5.74, 6) is -3.73. The molecule has 2 saturated heterocycles. The number of rotatable bonds is 20. The van der Waals surface area contributed by atoms with Crippen LogP contribution in [0.1, 0.15) is 36.1 Å². The molecule has 344 valence electrons. The second kappa shape index (κ2) is 24.2. The lowest BCUT2D eigenvalue weighted by Gasteiger charge is -2.47. The SMILES string of the molecule is COC(=O)[C@@H](NC(=O)N[C@H](C(=O)OC)[C@@H]1[C@@H](OC)O[C@@H](C)[C@H](OCc2ccccc2)[C@H]1OCc1ccccc1)[C@@H]1[C@@H](OC)O[C@@H](C)[C@H](OCc2ccccc2)[C@H]1OCc1ccccc1. The van der Waals surface area contributed by atoms with Crippen LogP contribution < -0.4 is 10.6 Å². The van der Waals surface area contributed by atoms with Gasteiger partial charge in [0.1, 0.15) is 24.3 Å². The molecule has 0 unspecified atom stereocenters. The molecular weight excluding hydrogens is 825 g/mol. The number of urea groups is 1. The molecule has 0 spiro atoms. The number of ether oxygens (including phenoxy) is 10. The van der Waals surface area contributed by atoms with Gasteiger partial charge in [0.15, 0.2) is 12.6 Å². The molecule has 12 atom stereocenters. The van der Waals surface area contributed by atoms with Crippen LogP contribution >= 0.6 is 0 Å². The van der Waals surface area contributed by atoms with Gasteiger partial charge >= 0.3 is 18.0 Å². The van der Waals surface area contributed by atoms with Crippen molar-refractivity contribution in [2.24, 2.45) is 11.8 Å². The molecule has 15 heteroatoms. The molecule has 64 heavy (non-hydrogen) atoms. The summed E-state index contributed by atoms with van der Waals surface area (Å²) in [5, 5.41) is 5.56. The van der Waals surface area contributed by atoms with Gasteiger partial charge in [-0.3, -0.25) is 0 Å². The normalized spacial score (nSPS) is 26.5. The molecule has 2 aliphatic rings. The zero-order valence-corrected chi connectivity index (χ0v) is 37.1. The van der Waals surface area contributed by atoms with E-state index in [1.165, 1.54) is 28.4 Å². The molecule has 4 aromatic carbocycles. The third-order valence-corrected chi connectivity index (χ3v) is 11.5. The number of amides is 2. The van der Waals surface area contributed by atoms with Crippen molar-refractivity contribution in [3.63, 3.8) is 0 Å². The summed E-state index contributed by atoms with van der Waals surface area (Å²) in [6.45, 7) is 4.35. The molecule has 0 bridgehead atoms. The molecule has 2 amide bonds. The van der Waals surface area contributed by atoms with Crippen LogP contribution in [-0.2, 0) is 83.4 Å². The summed E-state index contributed by atoms with van der Waals surface area (Å²) >= 11 is 0. The van der Waals surface area contributed by atoms with Crippen LogP contribution in [0.15, 0.2) is 121 Å². The minimum atomic E-state index is -1.46. The third kappa shape index (κ3) is 12.5. The van der Waals surface area contributed by atoms with E-state index in [9.17, 15) is 14.4 Å². The summed E-state index contributed by atoms with van der Waals surface area (Å²) in [6.07, 6.45) is -6.63. The molecule has 0 saturated carbocycles. The van der Waals surface area contributed by atoms with E-state index in [0.717, 1.165) is 22.3 Å². The minimum Gasteiger partial charge on any atom is -0.467 e. The van der Waals surface area contributed by atoms with Crippen LogP contribution in [0.25, 0.3) is 0 Å². The first-order valence-electron chi connectivity index (χ1n) is 21.4. The second-order valence-corrected chi connectivity index (χ2v) is 15.7. The second-order valence-electron chi connectivity index (χ2n) is 15.7. The number of benzene rings is 4. The van der Waals surface area contributed by atoms with E-state index >= 15 is 0 Å². The Morgan fingerprint density at radius 2 is 0.750 bits per heavy atom. The Morgan fingerprint density at radius 1 is 0.469 bits per heavy atom. The Bertz CT molecular complexity index is 1870. The molecule has 0 aromatic heterocycles. The number of nitrogens with one attached hydrogen (secondary N) is 2. The van der Waals surface area contributed by atoms with E-state index in [-0.39, 0.29) is 26.4 Å². The molecule has 2 heterocycles. The standard InChI is InChI=1S/C49H60N2O13/c1-31-41(59-27-33-19-11-7-12-20-33)43(61-29-35-23-15-9-16-24-35)37(47(57-5)63-31)39(45(52)55-3)50-49(54)51-40(46(53)56-4)38-44(62-30-36-25-17-10-18-26-36)42(32(2)64-48(38)58-6)60-28-34-21-13-8-14-22-34/h7-26,31-32,37-44,47-48H,27-30H2,1-6H3,(H2,50,51,54)/t31-,32-,37-,38-,39-,40-,41-,42-,43-,44-,47-,48-/m0/s1. The van der Waals surface area contributed by atoms with Crippen LogP contribution in [0, 0.1) is 11.8 Å². The zero-order chi connectivity index (χ0) is 45.4. The summed E-state index contributed by atoms with van der Waals surface area (Å²) in [7, 11) is 5.29. The van der Waals surface area contributed by atoms with E-state index in [0.29, 0.717) is 0 Å². The van der Waals surface area contributed by atoms with Crippen LogP contribution in [0.3, 0.4) is 0 Å². The molecule has 2 N–H and O–H groups in total. The van der Waals surface area contributed by atoms with Crippen molar-refractivity contribution in [1.82, 2.24) is 10.6 Å². The fourth-order valence-corrected chi connectivity index (χ4v) is 8.30. The highest BCUT2D eigenvalue weighted by Crippen LogP contribution is 2.37. The van der Waals surface area contributed by atoms with E-state index in [1.54, 1.807) is 0 Å². The average Bonchev–Trinajstić information content (AvgIpc) is 3.33. The Kier molecular flexibility index (Phi) is 18.2. The third-order valence-electron chi connectivity index (χ3n) is 11.5. The first-order chi connectivity index (χ1) is 31.1. The number of hydrogen-bond acceptors (Lipinski definition) is 13. The van der Waals surface area contributed by atoms with Gasteiger partial charge in [0, 0.05) is 14.2 Å². The topological polar surface area (TPSA) is 168 Å². The minimum absolute atomic E-state index is 0.136. The average molecular weight is 885 g/mol.